The predicted octanol–water partition coefficient (Wildman–Crippen LogP) is 3.16. The molecule has 0 unspecified atom stereocenters. The molecule has 1 amide bonds. The number of carbonyl (C=O) groups excluding carboxylic acids is 1. The number of carbonyl (C=O) groups is 1. The topological polar surface area (TPSA) is 88.7 Å². The zero-order chi connectivity index (χ0) is 18.2. The minimum absolute atomic E-state index is 0.247. The summed E-state index contributed by atoms with van der Waals surface area (Å²) in [4.78, 5) is 16.1. The lowest BCUT2D eigenvalue weighted by Crippen LogP contribution is -2.28. The summed E-state index contributed by atoms with van der Waals surface area (Å²) in [7, 11) is 1.59. The van der Waals surface area contributed by atoms with E-state index < -0.39 is 0 Å². The third kappa shape index (κ3) is 5.85. The van der Waals surface area contributed by atoms with Gasteiger partial charge < -0.3 is 21.1 Å². The van der Waals surface area contributed by atoms with Crippen molar-refractivity contribution >= 4 is 40.8 Å². The largest absolute Gasteiger partial charge is 0.497 e. The van der Waals surface area contributed by atoms with Gasteiger partial charge in [0.05, 0.1) is 23.7 Å². The van der Waals surface area contributed by atoms with Crippen LogP contribution in [0, 0.1) is 0 Å². The minimum Gasteiger partial charge on any atom is -0.497 e. The number of nitrogens with one attached hydrogen (secondary N) is 2. The molecule has 0 atom stereocenters. The molecule has 0 aliphatic carbocycles. The molecule has 0 aliphatic heterocycles. The lowest BCUT2D eigenvalue weighted by molar-refractivity contribution is 0.0955. The minimum atomic E-state index is -0.256. The van der Waals surface area contributed by atoms with Gasteiger partial charge in [0.15, 0.2) is 5.96 Å². The van der Waals surface area contributed by atoms with E-state index in [9.17, 15) is 4.79 Å². The fraction of sp³-hybridized carbons (Fsp3) is 0.176. The molecule has 8 heteroatoms. The number of halogens is 2. The Bertz CT molecular complexity index is 781. The van der Waals surface area contributed by atoms with Gasteiger partial charge in [0, 0.05) is 23.9 Å². The van der Waals surface area contributed by atoms with Crippen molar-refractivity contribution in [1.29, 1.82) is 0 Å². The van der Waals surface area contributed by atoms with Crippen LogP contribution in [-0.4, -0.2) is 32.1 Å². The summed E-state index contributed by atoms with van der Waals surface area (Å²) in [5, 5.41) is 6.42. The number of aliphatic imine (C=N–C) groups is 1. The van der Waals surface area contributed by atoms with Crippen LogP contribution in [-0.2, 0) is 0 Å². The Morgan fingerprint density at radius 3 is 2.72 bits per heavy atom. The van der Waals surface area contributed by atoms with Gasteiger partial charge in [0.1, 0.15) is 5.75 Å². The highest BCUT2D eigenvalue weighted by atomic mass is 35.5. The Morgan fingerprint density at radius 1 is 1.20 bits per heavy atom. The van der Waals surface area contributed by atoms with Crippen LogP contribution in [0.15, 0.2) is 47.5 Å². The van der Waals surface area contributed by atoms with E-state index in [1.165, 1.54) is 6.07 Å². The predicted molar refractivity (Wildman–Crippen MR) is 102 cm³/mol. The number of methoxy groups -OCH3 is 1. The van der Waals surface area contributed by atoms with Crippen molar-refractivity contribution in [3.8, 4) is 5.75 Å². The standard InChI is InChI=1S/C17H18Cl2N4O2/c1-25-13-4-2-3-12(10-13)23-17(20)22-8-7-21-16(24)11-5-6-14(18)15(19)9-11/h2-6,9-10H,7-8H2,1H3,(H,21,24)(H3,20,22,23). The van der Waals surface area contributed by atoms with Crippen molar-refractivity contribution in [2.75, 3.05) is 25.5 Å². The molecule has 2 rings (SSSR count). The molecule has 2 aromatic rings. The van der Waals surface area contributed by atoms with Crippen LogP contribution in [0.4, 0.5) is 5.69 Å². The first-order valence-electron chi connectivity index (χ1n) is 7.44. The fourth-order valence-electron chi connectivity index (χ4n) is 1.97. The van der Waals surface area contributed by atoms with Crippen LogP contribution in [0.2, 0.25) is 10.0 Å². The number of hydrogen-bond donors (Lipinski definition) is 3. The molecule has 0 saturated heterocycles. The summed E-state index contributed by atoms with van der Waals surface area (Å²) in [5.41, 5.74) is 7.01. The zero-order valence-corrected chi connectivity index (χ0v) is 15.1. The van der Waals surface area contributed by atoms with Crippen LogP contribution < -0.4 is 21.1 Å². The molecule has 0 aromatic heterocycles. The van der Waals surface area contributed by atoms with Crippen LogP contribution in [0.5, 0.6) is 5.75 Å². The molecule has 2 aromatic carbocycles. The van der Waals surface area contributed by atoms with E-state index in [1.807, 2.05) is 18.2 Å². The zero-order valence-electron chi connectivity index (χ0n) is 13.6. The second kappa shape index (κ2) is 9.15. The van der Waals surface area contributed by atoms with Gasteiger partial charge in [-0.25, -0.2) is 0 Å². The highest BCUT2D eigenvalue weighted by Gasteiger charge is 2.07. The van der Waals surface area contributed by atoms with E-state index in [-0.39, 0.29) is 11.9 Å². The first-order valence-corrected chi connectivity index (χ1v) is 8.19. The Balaban J connectivity index is 1.81. The number of benzene rings is 2. The van der Waals surface area contributed by atoms with Crippen molar-refractivity contribution in [3.63, 3.8) is 0 Å². The third-order valence-corrected chi connectivity index (χ3v) is 3.94. The summed E-state index contributed by atoms with van der Waals surface area (Å²) in [6, 6.07) is 12.0. The third-order valence-electron chi connectivity index (χ3n) is 3.20. The summed E-state index contributed by atoms with van der Waals surface area (Å²) in [5.74, 6) is 0.705. The van der Waals surface area contributed by atoms with Gasteiger partial charge in [-0.1, -0.05) is 29.3 Å². The fourth-order valence-corrected chi connectivity index (χ4v) is 2.27. The Morgan fingerprint density at radius 2 is 2.00 bits per heavy atom. The summed E-state index contributed by atoms with van der Waals surface area (Å²) >= 11 is 11.7. The number of rotatable bonds is 6. The molecule has 0 heterocycles. The SMILES string of the molecule is COc1cccc(NC(N)=NCCNC(=O)c2ccc(Cl)c(Cl)c2)c1. The van der Waals surface area contributed by atoms with E-state index in [0.717, 1.165) is 5.69 Å². The van der Waals surface area contributed by atoms with E-state index >= 15 is 0 Å². The monoisotopic (exact) mass is 380 g/mol. The Hall–Kier alpha value is -2.44. The van der Waals surface area contributed by atoms with Crippen LogP contribution in [0.25, 0.3) is 0 Å². The summed E-state index contributed by atoms with van der Waals surface area (Å²) in [6.07, 6.45) is 0. The molecular weight excluding hydrogens is 363 g/mol. The second-order valence-corrected chi connectivity index (χ2v) is 5.82. The van der Waals surface area contributed by atoms with Gasteiger partial charge >= 0.3 is 0 Å². The van der Waals surface area contributed by atoms with E-state index in [1.54, 1.807) is 25.3 Å². The van der Waals surface area contributed by atoms with Gasteiger partial charge in [0.2, 0.25) is 0 Å². The molecule has 0 fully saturated rings. The molecule has 0 radical (unpaired) electrons. The lowest BCUT2D eigenvalue weighted by atomic mass is 10.2. The number of ether oxygens (including phenoxy) is 1. The molecule has 4 N–H and O–H groups in total. The van der Waals surface area contributed by atoms with Gasteiger partial charge in [0.25, 0.3) is 5.91 Å². The number of anilines is 1. The number of nitrogens with two attached hydrogens (primary N) is 1. The number of hydrogen-bond acceptors (Lipinski definition) is 3. The molecule has 0 bridgehead atoms. The van der Waals surface area contributed by atoms with Gasteiger partial charge in [-0.2, -0.15) is 0 Å². The highest BCUT2D eigenvalue weighted by Crippen LogP contribution is 2.22. The van der Waals surface area contributed by atoms with Gasteiger partial charge in [-0.15, -0.1) is 0 Å². The van der Waals surface area contributed by atoms with Gasteiger partial charge in [-0.3, -0.25) is 9.79 Å². The Kier molecular flexibility index (Phi) is 6.91. The first-order chi connectivity index (χ1) is 12.0. The molecule has 0 aliphatic rings. The molecule has 0 spiro atoms. The normalized spacial score (nSPS) is 11.1. The summed E-state index contributed by atoms with van der Waals surface area (Å²) in [6.45, 7) is 0.662. The van der Waals surface area contributed by atoms with Crippen LogP contribution in [0.3, 0.4) is 0 Å². The quantitative estimate of drug-likeness (QED) is 0.408. The van der Waals surface area contributed by atoms with Crippen molar-refractivity contribution in [1.82, 2.24) is 5.32 Å². The number of amides is 1. The second-order valence-electron chi connectivity index (χ2n) is 5.01. The van der Waals surface area contributed by atoms with E-state index in [0.29, 0.717) is 34.4 Å². The van der Waals surface area contributed by atoms with Crippen LogP contribution >= 0.6 is 23.2 Å². The number of guanidine groups is 1. The molecule has 6 nitrogen and oxygen atoms in total. The molecular formula is C17H18Cl2N4O2. The molecule has 25 heavy (non-hydrogen) atoms. The maximum atomic E-state index is 12.0. The maximum absolute atomic E-state index is 12.0. The molecule has 132 valence electrons. The average molecular weight is 381 g/mol. The maximum Gasteiger partial charge on any atom is 0.251 e. The first kappa shape index (κ1) is 18.9. The van der Waals surface area contributed by atoms with Crippen molar-refractivity contribution in [2.24, 2.45) is 10.7 Å². The Labute approximate surface area is 156 Å². The molecule has 0 saturated carbocycles. The van der Waals surface area contributed by atoms with Crippen LogP contribution in [0.1, 0.15) is 10.4 Å². The highest BCUT2D eigenvalue weighted by molar-refractivity contribution is 6.42. The van der Waals surface area contributed by atoms with Crippen molar-refractivity contribution < 1.29 is 9.53 Å². The van der Waals surface area contributed by atoms with Crippen molar-refractivity contribution in [3.05, 3.63) is 58.1 Å². The van der Waals surface area contributed by atoms with Gasteiger partial charge in [-0.05, 0) is 30.3 Å². The van der Waals surface area contributed by atoms with E-state index in [4.69, 9.17) is 33.7 Å². The lowest BCUT2D eigenvalue weighted by Gasteiger charge is -2.08. The van der Waals surface area contributed by atoms with E-state index in [2.05, 4.69) is 15.6 Å². The van der Waals surface area contributed by atoms with Crippen molar-refractivity contribution in [2.45, 2.75) is 0 Å². The average Bonchev–Trinajstić information content (AvgIpc) is 2.61. The smallest absolute Gasteiger partial charge is 0.251 e. The number of nitrogens with zero attached hydrogens (tertiary/aromatic N) is 1. The summed E-state index contributed by atoms with van der Waals surface area (Å²) < 4.78 is 5.13.